The van der Waals surface area contributed by atoms with Gasteiger partial charge in [-0.1, -0.05) is 29.8 Å². The van der Waals surface area contributed by atoms with Gasteiger partial charge in [-0.2, -0.15) is 9.98 Å². The number of benzene rings is 2. The lowest BCUT2D eigenvalue weighted by molar-refractivity contribution is -0.513. The zero-order chi connectivity index (χ0) is 18.0. The number of nitrogens with zero attached hydrogens (tertiary/aromatic N) is 2. The third kappa shape index (κ3) is 3.24. The smallest absolute Gasteiger partial charge is 0.242 e. The lowest BCUT2D eigenvalue weighted by atomic mass is 10.1. The van der Waals surface area contributed by atoms with Crippen LogP contribution in [0.3, 0.4) is 0 Å². The molecule has 25 heavy (non-hydrogen) atoms. The molecule has 0 amide bonds. The average molecular weight is 337 g/mol. The number of nitrogens with two attached hydrogens (primary N) is 1. The first-order valence-corrected chi connectivity index (χ1v) is 7.89. The molecule has 6 nitrogen and oxygen atoms in total. The molecule has 6 heteroatoms. The second-order valence-electron chi connectivity index (χ2n) is 5.82. The molecule has 0 aliphatic heterocycles. The van der Waals surface area contributed by atoms with Gasteiger partial charge in [-0.15, -0.1) is 0 Å². The van der Waals surface area contributed by atoms with Gasteiger partial charge < -0.3 is 15.2 Å². The molecule has 0 spiro atoms. The Morgan fingerprint density at radius 3 is 2.40 bits per heavy atom. The fraction of sp³-hybridized carbons (Fsp3) is 0.211. The van der Waals surface area contributed by atoms with Gasteiger partial charge in [0.2, 0.25) is 11.7 Å². The fourth-order valence-electron chi connectivity index (χ4n) is 2.75. The molecule has 1 heterocycles. The Morgan fingerprint density at radius 1 is 1.12 bits per heavy atom. The van der Waals surface area contributed by atoms with Gasteiger partial charge >= 0.3 is 0 Å². The minimum absolute atomic E-state index is 0.362. The summed E-state index contributed by atoms with van der Waals surface area (Å²) in [6.07, 6.45) is 2.01. The van der Waals surface area contributed by atoms with Gasteiger partial charge in [0.05, 0.1) is 20.6 Å². The number of hydrogen-bond acceptors (Lipinski definition) is 5. The highest BCUT2D eigenvalue weighted by molar-refractivity contribution is 5.83. The van der Waals surface area contributed by atoms with Crippen LogP contribution in [0.1, 0.15) is 11.1 Å². The highest BCUT2D eigenvalue weighted by atomic mass is 16.5. The van der Waals surface area contributed by atoms with E-state index in [-0.39, 0.29) is 0 Å². The molecule has 0 unspecified atom stereocenters. The first kappa shape index (κ1) is 16.7. The number of nitrogens with one attached hydrogen (secondary N) is 1. The molecule has 0 saturated heterocycles. The van der Waals surface area contributed by atoms with Crippen LogP contribution >= 0.6 is 0 Å². The maximum Gasteiger partial charge on any atom is 0.242 e. The monoisotopic (exact) mass is 337 g/mol. The average Bonchev–Trinajstić information content (AvgIpc) is 2.62. The van der Waals surface area contributed by atoms with Gasteiger partial charge in [-0.3, -0.25) is 0 Å². The Kier molecular flexibility index (Phi) is 4.52. The second-order valence-corrected chi connectivity index (χ2v) is 5.82. The maximum absolute atomic E-state index is 8.55. The van der Waals surface area contributed by atoms with Crippen molar-refractivity contribution in [3.63, 3.8) is 0 Å². The molecule has 3 rings (SSSR count). The van der Waals surface area contributed by atoms with E-state index in [1.807, 2.05) is 31.2 Å². The van der Waals surface area contributed by atoms with E-state index in [1.54, 1.807) is 37.1 Å². The van der Waals surface area contributed by atoms with E-state index in [4.69, 9.17) is 20.6 Å². The van der Waals surface area contributed by atoms with Gasteiger partial charge in [0, 0.05) is 12.1 Å². The quantitative estimate of drug-likeness (QED) is 0.435. The van der Waals surface area contributed by atoms with Crippen molar-refractivity contribution in [3.8, 4) is 11.5 Å². The number of aryl methyl sites for hydroxylation is 1. The highest BCUT2D eigenvalue weighted by Gasteiger charge is 2.19. The molecule has 0 fully saturated rings. The Morgan fingerprint density at radius 2 is 1.76 bits per heavy atom. The summed E-state index contributed by atoms with van der Waals surface area (Å²) in [5.74, 6) is 1.92. The summed E-state index contributed by atoms with van der Waals surface area (Å²) in [5, 5.41) is 8.55. The number of ether oxygens (including phenoxy) is 2. The minimum atomic E-state index is 0.362. The van der Waals surface area contributed by atoms with Crippen molar-refractivity contribution in [2.45, 2.75) is 13.3 Å². The van der Waals surface area contributed by atoms with E-state index in [1.165, 1.54) is 5.56 Å². The van der Waals surface area contributed by atoms with E-state index < -0.39 is 0 Å². The van der Waals surface area contributed by atoms with Crippen molar-refractivity contribution in [2.75, 3.05) is 20.0 Å². The Hall–Kier alpha value is -3.15. The topological polar surface area (TPSA) is 85.1 Å². The Labute approximate surface area is 146 Å². The summed E-state index contributed by atoms with van der Waals surface area (Å²) >= 11 is 0. The van der Waals surface area contributed by atoms with Crippen LogP contribution in [0.5, 0.6) is 11.5 Å². The first-order valence-electron chi connectivity index (χ1n) is 7.89. The van der Waals surface area contributed by atoms with Crippen molar-refractivity contribution in [1.29, 1.82) is 5.41 Å². The van der Waals surface area contributed by atoms with Crippen LogP contribution < -0.4 is 19.8 Å². The van der Waals surface area contributed by atoms with E-state index in [2.05, 4.69) is 4.98 Å². The normalized spacial score (nSPS) is 10.7. The lowest BCUT2D eigenvalue weighted by Gasteiger charge is -2.12. The van der Waals surface area contributed by atoms with Crippen molar-refractivity contribution < 1.29 is 14.0 Å². The molecule has 0 aliphatic carbocycles. The predicted molar refractivity (Wildman–Crippen MR) is 97.5 cm³/mol. The third-order valence-electron chi connectivity index (χ3n) is 4.08. The van der Waals surface area contributed by atoms with E-state index in [9.17, 15) is 0 Å². The summed E-state index contributed by atoms with van der Waals surface area (Å²) in [6.45, 7) is 2.04. The molecule has 3 N–H and O–H groups in total. The van der Waals surface area contributed by atoms with Crippen LogP contribution in [0.25, 0.3) is 11.0 Å². The number of aromatic nitrogens is 2. The van der Waals surface area contributed by atoms with Crippen LogP contribution in [-0.4, -0.2) is 25.0 Å². The zero-order valence-electron chi connectivity index (χ0n) is 14.5. The van der Waals surface area contributed by atoms with E-state index >= 15 is 0 Å². The molecule has 0 bridgehead atoms. The van der Waals surface area contributed by atoms with Gasteiger partial charge in [0.15, 0.2) is 11.5 Å². The third-order valence-corrected chi connectivity index (χ3v) is 4.08. The SMILES string of the molecule is COc1cc2ncc(N)[n+](C(=N)Cc3ccc(C)cc3)c2cc1OC. The van der Waals surface area contributed by atoms with E-state index in [0.29, 0.717) is 40.6 Å². The summed E-state index contributed by atoms with van der Waals surface area (Å²) in [7, 11) is 3.15. The van der Waals surface area contributed by atoms with Crippen LogP contribution in [0.15, 0.2) is 42.6 Å². The summed E-state index contributed by atoms with van der Waals surface area (Å²) in [4.78, 5) is 4.35. The van der Waals surface area contributed by atoms with Crippen LogP contribution in [0, 0.1) is 12.3 Å². The fourth-order valence-corrected chi connectivity index (χ4v) is 2.75. The minimum Gasteiger partial charge on any atom is -0.493 e. The van der Waals surface area contributed by atoms with Crippen molar-refractivity contribution in [2.24, 2.45) is 0 Å². The molecule has 0 aliphatic rings. The van der Waals surface area contributed by atoms with E-state index in [0.717, 1.165) is 5.56 Å². The summed E-state index contributed by atoms with van der Waals surface area (Å²) in [5.41, 5.74) is 9.74. The summed E-state index contributed by atoms with van der Waals surface area (Å²) in [6, 6.07) is 11.7. The van der Waals surface area contributed by atoms with Crippen LogP contribution in [0.2, 0.25) is 0 Å². The Bertz CT molecular complexity index is 936. The Balaban J connectivity index is 2.08. The zero-order valence-corrected chi connectivity index (χ0v) is 14.5. The predicted octanol–water partition coefficient (Wildman–Crippen LogP) is 2.50. The lowest BCUT2D eigenvalue weighted by Crippen LogP contribution is -2.47. The van der Waals surface area contributed by atoms with Crippen LogP contribution in [0.4, 0.5) is 5.82 Å². The van der Waals surface area contributed by atoms with Crippen molar-refractivity contribution in [3.05, 3.63) is 53.7 Å². The van der Waals surface area contributed by atoms with Gasteiger partial charge in [-0.25, -0.2) is 4.98 Å². The van der Waals surface area contributed by atoms with Crippen LogP contribution in [-0.2, 0) is 6.42 Å². The van der Waals surface area contributed by atoms with Gasteiger partial charge in [0.1, 0.15) is 17.2 Å². The van der Waals surface area contributed by atoms with Crippen molar-refractivity contribution in [1.82, 2.24) is 4.98 Å². The highest BCUT2D eigenvalue weighted by Crippen LogP contribution is 2.30. The maximum atomic E-state index is 8.55. The van der Waals surface area contributed by atoms with Gasteiger partial charge in [0.25, 0.3) is 0 Å². The number of nitrogen functional groups attached to an aromatic ring is 1. The molecular formula is C19H21N4O2+. The number of rotatable bonds is 4. The molecule has 128 valence electrons. The molecule has 0 saturated carbocycles. The second kappa shape index (κ2) is 6.76. The molecule has 0 radical (unpaired) electrons. The molecule has 3 aromatic rings. The molecule has 0 atom stereocenters. The standard InChI is InChI=1S/C19H20N4O2/c1-12-4-6-13(7-5-12)8-18(20)23-15-10-17(25-3)16(24-2)9-14(15)22-11-19(23)21/h4-7,9-11,20-21H,8H2,1-3H3/p+1. The number of methoxy groups -OCH3 is 2. The molecule has 2 aromatic carbocycles. The summed E-state index contributed by atoms with van der Waals surface area (Å²) < 4.78 is 12.4. The largest absolute Gasteiger partial charge is 0.493 e. The number of fused-ring (bicyclic) bond motifs is 1. The number of hydrogen-bond donors (Lipinski definition) is 2. The molecule has 1 aromatic heterocycles. The van der Waals surface area contributed by atoms with Gasteiger partial charge in [-0.05, 0) is 12.5 Å². The first-order chi connectivity index (χ1) is 12.0. The number of anilines is 1. The molecular weight excluding hydrogens is 316 g/mol. The van der Waals surface area contributed by atoms with Crippen molar-refractivity contribution >= 4 is 22.7 Å².